The molecule has 0 radical (unpaired) electrons. The lowest BCUT2D eigenvalue weighted by atomic mass is 10.1. The van der Waals surface area contributed by atoms with Gasteiger partial charge in [-0.1, -0.05) is 66.7 Å². The van der Waals surface area contributed by atoms with Gasteiger partial charge in [0.25, 0.3) is 0 Å². The highest BCUT2D eigenvalue weighted by molar-refractivity contribution is 6.45. The quantitative estimate of drug-likeness (QED) is 0.321. The molecule has 0 atom stereocenters. The Hall–Kier alpha value is -3.40. The Kier molecular flexibility index (Phi) is 5.00. The van der Waals surface area contributed by atoms with Crippen molar-refractivity contribution in [3.8, 4) is 0 Å². The number of hydrogen-bond donors (Lipinski definition) is 2. The fourth-order valence-corrected chi connectivity index (χ4v) is 2.15. The normalized spacial score (nSPS) is 10.9. The Morgan fingerprint density at radius 1 is 0.708 bits per heavy atom. The number of benzene rings is 3. The van der Waals surface area contributed by atoms with Crippen LogP contribution in [0.5, 0.6) is 0 Å². The molecule has 0 amide bonds. The number of Topliss-reactive ketones (excluding diaryl/α,β-unsaturated/α-hetero) is 1. The van der Waals surface area contributed by atoms with Gasteiger partial charge in [-0.3, -0.25) is 15.6 Å². The summed E-state index contributed by atoms with van der Waals surface area (Å²) in [5.74, 6) is 0.0548. The molecular weight excluding hydrogens is 298 g/mol. The van der Waals surface area contributed by atoms with E-state index in [-0.39, 0.29) is 11.6 Å². The summed E-state index contributed by atoms with van der Waals surface area (Å²) in [6.07, 6.45) is 0. The smallest absolute Gasteiger partial charge is 0.229 e. The molecule has 3 aromatic rings. The average Bonchev–Trinajstić information content (AvgIpc) is 2.67. The number of carbonyl (C=O) groups excluding carboxylic acids is 1. The van der Waals surface area contributed by atoms with Gasteiger partial charge in [-0.05, 0) is 24.3 Å². The van der Waals surface area contributed by atoms with Gasteiger partial charge in [0.2, 0.25) is 5.78 Å². The number of rotatable bonds is 5. The lowest BCUT2D eigenvalue weighted by Crippen LogP contribution is -2.35. The fraction of sp³-hybridized carbons (Fsp3) is 0. The van der Waals surface area contributed by atoms with E-state index in [2.05, 4.69) is 15.8 Å². The van der Waals surface area contributed by atoms with E-state index in [4.69, 9.17) is 0 Å². The molecule has 118 valence electrons. The van der Waals surface area contributed by atoms with Crippen LogP contribution in [-0.2, 0) is 0 Å². The Labute approximate surface area is 140 Å². The number of carbonyl (C=O) groups is 1. The first-order chi connectivity index (χ1) is 11.8. The SMILES string of the molecule is O=C(C(=Nc1ccccc1)NNc1ccccc1)c1ccccc1. The fourth-order valence-electron chi connectivity index (χ4n) is 2.15. The minimum absolute atomic E-state index is 0.178. The standard InChI is InChI=1S/C20H17N3O/c24-19(16-10-4-1-5-11-16)20(21-17-12-6-2-7-13-17)23-22-18-14-8-3-9-15-18/h1-15,22H,(H,21,23). The van der Waals surface area contributed by atoms with E-state index < -0.39 is 0 Å². The lowest BCUT2D eigenvalue weighted by Gasteiger charge is -2.12. The van der Waals surface area contributed by atoms with Gasteiger partial charge in [0.1, 0.15) is 0 Å². The van der Waals surface area contributed by atoms with Crippen LogP contribution in [0.3, 0.4) is 0 Å². The van der Waals surface area contributed by atoms with Gasteiger partial charge in [-0.25, -0.2) is 4.99 Å². The third kappa shape index (κ3) is 4.08. The number of nitrogens with one attached hydrogen (secondary N) is 2. The van der Waals surface area contributed by atoms with Crippen molar-refractivity contribution >= 4 is 23.0 Å². The van der Waals surface area contributed by atoms with Crippen LogP contribution in [0.4, 0.5) is 11.4 Å². The molecule has 0 bridgehead atoms. The third-order valence-corrected chi connectivity index (χ3v) is 3.35. The Bertz CT molecular complexity index is 815. The largest absolute Gasteiger partial charge is 0.300 e. The Morgan fingerprint density at radius 3 is 1.88 bits per heavy atom. The minimum atomic E-state index is -0.178. The van der Waals surface area contributed by atoms with Crippen LogP contribution in [0, 0.1) is 0 Å². The van der Waals surface area contributed by atoms with E-state index in [1.165, 1.54) is 0 Å². The molecule has 0 fully saturated rings. The highest BCUT2D eigenvalue weighted by atomic mass is 16.1. The van der Waals surface area contributed by atoms with Crippen molar-refractivity contribution in [2.75, 3.05) is 5.43 Å². The van der Waals surface area contributed by atoms with Crippen molar-refractivity contribution in [2.45, 2.75) is 0 Å². The number of amidine groups is 1. The zero-order chi connectivity index (χ0) is 16.6. The van der Waals surface area contributed by atoms with Crippen molar-refractivity contribution < 1.29 is 4.79 Å². The maximum Gasteiger partial charge on any atom is 0.229 e. The van der Waals surface area contributed by atoms with Crippen LogP contribution in [0.2, 0.25) is 0 Å². The zero-order valence-corrected chi connectivity index (χ0v) is 13.0. The molecule has 3 rings (SSSR count). The molecule has 0 heterocycles. The van der Waals surface area contributed by atoms with E-state index in [1.807, 2.05) is 78.9 Å². The van der Waals surface area contributed by atoms with Crippen LogP contribution in [0.25, 0.3) is 0 Å². The van der Waals surface area contributed by atoms with Gasteiger partial charge >= 0.3 is 0 Å². The van der Waals surface area contributed by atoms with E-state index in [1.54, 1.807) is 12.1 Å². The van der Waals surface area contributed by atoms with E-state index in [9.17, 15) is 4.79 Å². The number of hydrazine groups is 1. The highest BCUT2D eigenvalue weighted by Gasteiger charge is 2.14. The second kappa shape index (κ2) is 7.74. The predicted octanol–water partition coefficient (Wildman–Crippen LogP) is 4.22. The number of aliphatic imine (C=N–C) groups is 1. The second-order valence-corrected chi connectivity index (χ2v) is 5.11. The molecule has 0 aliphatic heterocycles. The molecule has 0 unspecified atom stereocenters. The van der Waals surface area contributed by atoms with Gasteiger partial charge in [0.15, 0.2) is 5.84 Å². The van der Waals surface area contributed by atoms with Gasteiger partial charge in [0.05, 0.1) is 11.4 Å². The molecule has 0 aromatic heterocycles. The number of anilines is 1. The van der Waals surface area contributed by atoms with Gasteiger partial charge in [-0.15, -0.1) is 0 Å². The monoisotopic (exact) mass is 315 g/mol. The topological polar surface area (TPSA) is 53.5 Å². The summed E-state index contributed by atoms with van der Waals surface area (Å²) in [5.41, 5.74) is 8.08. The average molecular weight is 315 g/mol. The Morgan fingerprint density at radius 2 is 1.25 bits per heavy atom. The summed E-state index contributed by atoms with van der Waals surface area (Å²) in [6.45, 7) is 0. The predicted molar refractivity (Wildman–Crippen MR) is 97.5 cm³/mol. The minimum Gasteiger partial charge on any atom is -0.300 e. The highest BCUT2D eigenvalue weighted by Crippen LogP contribution is 2.12. The second-order valence-electron chi connectivity index (χ2n) is 5.11. The van der Waals surface area contributed by atoms with E-state index in [0.717, 1.165) is 5.69 Å². The lowest BCUT2D eigenvalue weighted by molar-refractivity contribution is 0.106. The number of nitrogens with zero attached hydrogens (tertiary/aromatic N) is 1. The first kappa shape index (κ1) is 15.5. The van der Waals surface area contributed by atoms with Crippen LogP contribution in [0.15, 0.2) is 96.0 Å². The summed E-state index contributed by atoms with van der Waals surface area (Å²) < 4.78 is 0. The molecule has 2 N–H and O–H groups in total. The molecule has 0 saturated carbocycles. The molecule has 3 aromatic carbocycles. The molecule has 0 saturated heterocycles. The summed E-state index contributed by atoms with van der Waals surface area (Å²) in [6, 6.07) is 28.0. The number of hydrogen-bond acceptors (Lipinski definition) is 3. The van der Waals surface area contributed by atoms with Gasteiger partial charge in [0, 0.05) is 5.56 Å². The van der Waals surface area contributed by atoms with Gasteiger partial charge < -0.3 is 0 Å². The van der Waals surface area contributed by atoms with Crippen LogP contribution in [0.1, 0.15) is 10.4 Å². The van der Waals surface area contributed by atoms with E-state index >= 15 is 0 Å². The van der Waals surface area contributed by atoms with Crippen molar-refractivity contribution in [3.63, 3.8) is 0 Å². The van der Waals surface area contributed by atoms with Gasteiger partial charge in [-0.2, -0.15) is 0 Å². The first-order valence-corrected chi connectivity index (χ1v) is 7.63. The summed E-state index contributed by atoms with van der Waals surface area (Å²) in [7, 11) is 0. The molecule has 4 heteroatoms. The summed E-state index contributed by atoms with van der Waals surface area (Å²) in [4.78, 5) is 17.2. The van der Waals surface area contributed by atoms with Crippen molar-refractivity contribution in [1.82, 2.24) is 5.43 Å². The number of para-hydroxylation sites is 2. The summed E-state index contributed by atoms with van der Waals surface area (Å²) in [5, 5.41) is 0. The van der Waals surface area contributed by atoms with Crippen molar-refractivity contribution in [2.24, 2.45) is 4.99 Å². The number of ketones is 1. The molecule has 0 spiro atoms. The third-order valence-electron chi connectivity index (χ3n) is 3.35. The van der Waals surface area contributed by atoms with Crippen LogP contribution in [-0.4, -0.2) is 11.6 Å². The molecule has 4 nitrogen and oxygen atoms in total. The Balaban J connectivity index is 1.86. The first-order valence-electron chi connectivity index (χ1n) is 7.63. The molecular formula is C20H17N3O. The maximum absolute atomic E-state index is 12.7. The molecule has 0 aliphatic carbocycles. The maximum atomic E-state index is 12.7. The van der Waals surface area contributed by atoms with Crippen molar-refractivity contribution in [3.05, 3.63) is 96.6 Å². The molecule has 24 heavy (non-hydrogen) atoms. The molecule has 0 aliphatic rings. The summed E-state index contributed by atoms with van der Waals surface area (Å²) >= 11 is 0. The van der Waals surface area contributed by atoms with Crippen LogP contribution < -0.4 is 10.9 Å². The zero-order valence-electron chi connectivity index (χ0n) is 13.0. The van der Waals surface area contributed by atoms with E-state index in [0.29, 0.717) is 11.3 Å². The van der Waals surface area contributed by atoms with Crippen LogP contribution >= 0.6 is 0 Å². The van der Waals surface area contributed by atoms with Crippen molar-refractivity contribution in [1.29, 1.82) is 0 Å².